The summed E-state index contributed by atoms with van der Waals surface area (Å²) in [6, 6.07) is 14.9. The zero-order valence-corrected chi connectivity index (χ0v) is 18.4. The Hall–Kier alpha value is -4.45. The predicted octanol–water partition coefficient (Wildman–Crippen LogP) is 3.27. The molecule has 1 aliphatic heterocycles. The Labute approximate surface area is 190 Å². The highest BCUT2D eigenvalue weighted by molar-refractivity contribution is 5.92. The molecule has 0 saturated heterocycles. The number of hydrogen-bond acceptors (Lipinski definition) is 7. The van der Waals surface area contributed by atoms with Crippen LogP contribution in [0.25, 0.3) is 0 Å². The number of para-hydroxylation sites is 1. The molecule has 2 aromatic carbocycles. The van der Waals surface area contributed by atoms with Gasteiger partial charge in [-0.15, -0.1) is 5.10 Å². The second kappa shape index (κ2) is 8.96. The summed E-state index contributed by atoms with van der Waals surface area (Å²) in [4.78, 5) is 12.4. The van der Waals surface area contributed by atoms with Crippen molar-refractivity contribution >= 4 is 11.6 Å². The highest BCUT2D eigenvalue weighted by Gasteiger charge is 2.34. The monoisotopic (exact) mass is 445 g/mol. The second-order valence-corrected chi connectivity index (χ2v) is 7.55. The van der Waals surface area contributed by atoms with Crippen LogP contribution in [0.4, 0.5) is 5.69 Å². The summed E-state index contributed by atoms with van der Waals surface area (Å²) in [5, 5.41) is 19.5. The molecule has 0 radical (unpaired) electrons. The lowest BCUT2D eigenvalue weighted by Crippen LogP contribution is -2.21. The molecule has 1 aliphatic rings. The van der Waals surface area contributed by atoms with E-state index in [9.17, 15) is 10.1 Å². The van der Waals surface area contributed by atoms with Crippen LogP contribution in [-0.2, 0) is 4.79 Å². The number of aryl methyl sites for hydroxylation is 2. The van der Waals surface area contributed by atoms with Gasteiger partial charge in [0.1, 0.15) is 11.6 Å². The normalized spacial score (nSPS) is 14.7. The number of aromatic amines is 1. The molecule has 3 aromatic rings. The van der Waals surface area contributed by atoms with Crippen molar-refractivity contribution in [2.45, 2.75) is 19.8 Å². The van der Waals surface area contributed by atoms with Crippen LogP contribution in [0, 0.1) is 25.2 Å². The van der Waals surface area contributed by atoms with Gasteiger partial charge in [0.2, 0.25) is 11.8 Å². The summed E-state index contributed by atoms with van der Waals surface area (Å²) in [5.74, 6) is 0.384. The number of fused-ring (bicyclic) bond motifs is 1. The maximum Gasteiger partial charge on any atom is 0.262 e. The number of nitrogens with one attached hydrogen (secondary N) is 2. The Balaban J connectivity index is 1.57. The largest absolute Gasteiger partial charge is 0.493 e. The zero-order valence-electron chi connectivity index (χ0n) is 18.4. The maximum absolute atomic E-state index is 12.4. The lowest BCUT2D eigenvalue weighted by molar-refractivity contribution is -0.118. The number of ether oxygens (including phenoxy) is 3. The van der Waals surface area contributed by atoms with Crippen LogP contribution in [0.1, 0.15) is 28.3 Å². The predicted molar refractivity (Wildman–Crippen MR) is 121 cm³/mol. The van der Waals surface area contributed by atoms with Gasteiger partial charge >= 0.3 is 0 Å². The van der Waals surface area contributed by atoms with E-state index in [0.29, 0.717) is 17.4 Å². The van der Waals surface area contributed by atoms with Crippen molar-refractivity contribution in [1.29, 1.82) is 5.26 Å². The molecule has 0 saturated carbocycles. The molecule has 0 fully saturated rings. The third-order valence-corrected chi connectivity index (χ3v) is 5.43. The summed E-state index contributed by atoms with van der Waals surface area (Å²) in [7, 11) is 1.51. The lowest BCUT2D eigenvalue weighted by atomic mass is 9.84. The number of nitrogens with two attached hydrogens (primary N) is 1. The van der Waals surface area contributed by atoms with Crippen LogP contribution in [-0.4, -0.2) is 29.8 Å². The van der Waals surface area contributed by atoms with Gasteiger partial charge < -0.3 is 25.3 Å². The first-order valence-corrected chi connectivity index (χ1v) is 10.2. The SMILES string of the molecule is COc1cc([C@@H]2C(C#N)=C(N)Oc3n[nH]c(C)c32)ccc1OCC(=O)Nc1ccccc1C. The van der Waals surface area contributed by atoms with Gasteiger partial charge in [-0.3, -0.25) is 9.89 Å². The highest BCUT2D eigenvalue weighted by atomic mass is 16.5. The minimum atomic E-state index is -0.482. The van der Waals surface area contributed by atoms with Gasteiger partial charge in [0, 0.05) is 16.9 Å². The molecular formula is C24H23N5O4. The number of H-pyrrole nitrogens is 1. The number of anilines is 1. The van der Waals surface area contributed by atoms with E-state index in [1.165, 1.54) is 7.11 Å². The first kappa shape index (κ1) is 21.8. The number of rotatable bonds is 6. The number of aromatic nitrogens is 2. The molecule has 4 rings (SSSR count). The van der Waals surface area contributed by atoms with Crippen molar-refractivity contribution in [2.75, 3.05) is 19.0 Å². The van der Waals surface area contributed by atoms with E-state index in [1.54, 1.807) is 18.2 Å². The summed E-state index contributed by atoms with van der Waals surface area (Å²) < 4.78 is 16.7. The fourth-order valence-electron chi connectivity index (χ4n) is 3.76. The summed E-state index contributed by atoms with van der Waals surface area (Å²) in [6.45, 7) is 3.57. The number of carbonyl (C=O) groups excluding carboxylic acids is 1. The van der Waals surface area contributed by atoms with E-state index in [4.69, 9.17) is 19.9 Å². The quantitative estimate of drug-likeness (QED) is 0.530. The van der Waals surface area contributed by atoms with Gasteiger partial charge in [-0.1, -0.05) is 24.3 Å². The van der Waals surface area contributed by atoms with Gasteiger partial charge in [0.15, 0.2) is 18.1 Å². The number of hydrogen-bond donors (Lipinski definition) is 3. The first-order valence-electron chi connectivity index (χ1n) is 10.2. The Bertz CT molecular complexity index is 1290. The smallest absolute Gasteiger partial charge is 0.262 e. The molecule has 0 unspecified atom stereocenters. The van der Waals surface area contributed by atoms with Crippen LogP contribution in [0.5, 0.6) is 17.4 Å². The number of methoxy groups -OCH3 is 1. The standard InChI is InChI=1S/C24H23N5O4/c1-13-6-4-5-7-17(13)27-20(30)12-32-18-9-8-15(10-19(18)31-3)22-16(11-25)23(26)33-24-21(22)14(2)28-29-24/h4-10,22H,12,26H2,1-3H3,(H,27,30)(H,28,29)/t22-/m1/s1. The molecule has 0 aliphatic carbocycles. The van der Waals surface area contributed by atoms with E-state index in [1.807, 2.05) is 38.1 Å². The van der Waals surface area contributed by atoms with E-state index in [2.05, 4.69) is 21.6 Å². The van der Waals surface area contributed by atoms with Crippen LogP contribution in [0.2, 0.25) is 0 Å². The Kier molecular flexibility index (Phi) is 5.91. The van der Waals surface area contributed by atoms with Crippen molar-refractivity contribution in [3.63, 3.8) is 0 Å². The second-order valence-electron chi connectivity index (χ2n) is 7.55. The van der Waals surface area contributed by atoms with Gasteiger partial charge in [0.25, 0.3) is 5.91 Å². The molecule has 168 valence electrons. The molecule has 2 heterocycles. The van der Waals surface area contributed by atoms with Crippen molar-refractivity contribution in [2.24, 2.45) is 5.73 Å². The topological polar surface area (TPSA) is 135 Å². The van der Waals surface area contributed by atoms with Crippen LogP contribution in [0.15, 0.2) is 53.9 Å². The molecule has 9 nitrogen and oxygen atoms in total. The molecule has 0 spiro atoms. The van der Waals surface area contributed by atoms with E-state index < -0.39 is 5.92 Å². The average Bonchev–Trinajstić information content (AvgIpc) is 3.18. The maximum atomic E-state index is 12.4. The van der Waals surface area contributed by atoms with Crippen molar-refractivity contribution in [3.05, 3.63) is 76.3 Å². The molecular weight excluding hydrogens is 422 g/mol. The van der Waals surface area contributed by atoms with Crippen molar-refractivity contribution in [1.82, 2.24) is 10.2 Å². The number of allylic oxidation sites excluding steroid dienone is 1. The minimum absolute atomic E-state index is 0.00803. The van der Waals surface area contributed by atoms with Crippen molar-refractivity contribution in [3.8, 4) is 23.4 Å². The third-order valence-electron chi connectivity index (χ3n) is 5.43. The molecule has 1 aromatic heterocycles. The molecule has 1 atom stereocenters. The lowest BCUT2D eigenvalue weighted by Gasteiger charge is -2.24. The van der Waals surface area contributed by atoms with Gasteiger partial charge in [-0.2, -0.15) is 5.26 Å². The first-order chi connectivity index (χ1) is 15.9. The Morgan fingerprint density at radius 2 is 2.06 bits per heavy atom. The molecule has 4 N–H and O–H groups in total. The summed E-state index contributed by atoms with van der Waals surface area (Å²) in [6.07, 6.45) is 0. The highest BCUT2D eigenvalue weighted by Crippen LogP contribution is 2.44. The van der Waals surface area contributed by atoms with Crippen LogP contribution < -0.4 is 25.3 Å². The van der Waals surface area contributed by atoms with E-state index >= 15 is 0 Å². The molecule has 0 bridgehead atoms. The third kappa shape index (κ3) is 4.19. The van der Waals surface area contributed by atoms with Gasteiger partial charge in [-0.05, 0) is 43.2 Å². The number of benzene rings is 2. The van der Waals surface area contributed by atoms with E-state index in [0.717, 1.165) is 28.1 Å². The zero-order chi connectivity index (χ0) is 23.5. The number of nitriles is 1. The number of amides is 1. The summed E-state index contributed by atoms with van der Waals surface area (Å²) in [5.41, 5.74) is 10.2. The van der Waals surface area contributed by atoms with E-state index in [-0.39, 0.29) is 24.0 Å². The summed E-state index contributed by atoms with van der Waals surface area (Å²) >= 11 is 0. The Morgan fingerprint density at radius 1 is 1.27 bits per heavy atom. The Morgan fingerprint density at radius 3 is 2.79 bits per heavy atom. The fourth-order valence-corrected chi connectivity index (χ4v) is 3.76. The molecule has 33 heavy (non-hydrogen) atoms. The molecule has 9 heteroatoms. The van der Waals surface area contributed by atoms with Gasteiger partial charge in [-0.25, -0.2) is 0 Å². The average molecular weight is 445 g/mol. The minimum Gasteiger partial charge on any atom is -0.493 e. The number of carbonyl (C=O) groups is 1. The van der Waals surface area contributed by atoms with Crippen LogP contribution in [0.3, 0.4) is 0 Å². The fraction of sp³-hybridized carbons (Fsp3) is 0.208. The number of nitrogens with zero attached hydrogens (tertiary/aromatic N) is 2. The van der Waals surface area contributed by atoms with Crippen molar-refractivity contribution < 1.29 is 19.0 Å². The van der Waals surface area contributed by atoms with Crippen LogP contribution >= 0.6 is 0 Å². The molecule has 1 amide bonds. The van der Waals surface area contributed by atoms with Gasteiger partial charge in [0.05, 0.1) is 13.0 Å².